The molecule has 4 aromatic carbocycles. The summed E-state index contributed by atoms with van der Waals surface area (Å²) >= 11 is 0. The number of hydrazone groups is 1. The molecule has 0 aliphatic carbocycles. The van der Waals surface area contributed by atoms with E-state index in [1.54, 1.807) is 31.4 Å². The molecule has 0 saturated carbocycles. The molecule has 1 heterocycles. The van der Waals surface area contributed by atoms with Gasteiger partial charge in [-0.25, -0.2) is 9.80 Å². The van der Waals surface area contributed by atoms with Gasteiger partial charge in [0.15, 0.2) is 0 Å². The Bertz CT molecular complexity index is 1560. The van der Waals surface area contributed by atoms with E-state index < -0.39 is 5.97 Å². The second-order valence-electron chi connectivity index (χ2n) is 9.13. The largest absolute Gasteiger partial charge is 0.497 e. The number of benzene rings is 4. The number of rotatable bonds is 8. The maximum absolute atomic E-state index is 13.4. The average Bonchev–Trinajstić information content (AvgIpc) is 3.46. The standard InChI is InChI=1S/C34H28N2O4/c1-39-28-20-18-27(19-21-28)31-24-30(35-36(31)33(37)22-16-25-10-4-2-5-11-25)29-14-8-9-15-32(29)40-34(38)23-17-26-12-6-3-7-13-26/h2-23,31H,24H2,1H3/b22-16+,23-17+/t31-/m1/s1. The predicted octanol–water partition coefficient (Wildman–Crippen LogP) is 6.71. The molecule has 0 bridgehead atoms. The molecule has 0 radical (unpaired) electrons. The lowest BCUT2D eigenvalue weighted by atomic mass is 9.97. The van der Waals surface area contributed by atoms with E-state index in [4.69, 9.17) is 14.6 Å². The lowest BCUT2D eigenvalue weighted by Crippen LogP contribution is -2.25. The molecule has 4 aromatic rings. The third-order valence-electron chi connectivity index (χ3n) is 6.47. The van der Waals surface area contributed by atoms with Crippen LogP contribution in [0.4, 0.5) is 0 Å². The van der Waals surface area contributed by atoms with Crippen molar-refractivity contribution in [3.63, 3.8) is 0 Å². The number of para-hydroxylation sites is 1. The monoisotopic (exact) mass is 528 g/mol. The van der Waals surface area contributed by atoms with Crippen molar-refractivity contribution in [3.05, 3.63) is 144 Å². The fraction of sp³-hybridized carbons (Fsp3) is 0.0882. The van der Waals surface area contributed by atoms with Gasteiger partial charge in [-0.05, 0) is 53.1 Å². The van der Waals surface area contributed by atoms with Crippen molar-refractivity contribution < 1.29 is 19.1 Å². The average molecular weight is 529 g/mol. The third kappa shape index (κ3) is 6.42. The number of carbonyl (C=O) groups is 2. The minimum absolute atomic E-state index is 0.250. The number of carbonyl (C=O) groups excluding carboxylic acids is 2. The number of hydrogen-bond acceptors (Lipinski definition) is 5. The first-order valence-electron chi connectivity index (χ1n) is 12.9. The van der Waals surface area contributed by atoms with E-state index in [1.807, 2.05) is 97.1 Å². The van der Waals surface area contributed by atoms with Gasteiger partial charge in [0.05, 0.1) is 18.9 Å². The fourth-order valence-corrected chi connectivity index (χ4v) is 4.43. The van der Waals surface area contributed by atoms with E-state index >= 15 is 0 Å². The van der Waals surface area contributed by atoms with Crippen LogP contribution < -0.4 is 9.47 Å². The fourth-order valence-electron chi connectivity index (χ4n) is 4.43. The van der Waals surface area contributed by atoms with Crippen LogP contribution in [0.2, 0.25) is 0 Å². The highest BCUT2D eigenvalue weighted by molar-refractivity contribution is 6.07. The summed E-state index contributed by atoms with van der Waals surface area (Å²) in [7, 11) is 1.61. The second kappa shape index (κ2) is 12.5. The highest BCUT2D eigenvalue weighted by Gasteiger charge is 2.33. The molecule has 6 nitrogen and oxygen atoms in total. The van der Waals surface area contributed by atoms with E-state index in [2.05, 4.69) is 0 Å². The first-order valence-corrected chi connectivity index (χ1v) is 12.9. The molecule has 0 N–H and O–H groups in total. The first-order chi connectivity index (χ1) is 19.6. The zero-order valence-corrected chi connectivity index (χ0v) is 22.0. The maximum Gasteiger partial charge on any atom is 0.336 e. The zero-order chi connectivity index (χ0) is 27.7. The molecule has 40 heavy (non-hydrogen) atoms. The summed E-state index contributed by atoms with van der Waals surface area (Å²) in [5.74, 6) is 0.359. The first kappa shape index (κ1) is 26.4. The van der Waals surface area contributed by atoms with E-state index in [-0.39, 0.29) is 11.9 Å². The molecule has 1 atom stereocenters. The quantitative estimate of drug-likeness (QED) is 0.145. The Balaban J connectivity index is 1.42. The van der Waals surface area contributed by atoms with Gasteiger partial charge in [-0.1, -0.05) is 84.9 Å². The molecular formula is C34H28N2O4. The van der Waals surface area contributed by atoms with E-state index in [1.165, 1.54) is 17.2 Å². The Kier molecular flexibility index (Phi) is 8.27. The Labute approximate surface area is 233 Å². The van der Waals surface area contributed by atoms with Gasteiger partial charge in [0.25, 0.3) is 5.91 Å². The molecule has 198 valence electrons. The van der Waals surface area contributed by atoms with Gasteiger partial charge in [-0.2, -0.15) is 5.10 Å². The van der Waals surface area contributed by atoms with Gasteiger partial charge in [-0.3, -0.25) is 4.79 Å². The Morgan fingerprint density at radius 2 is 1.38 bits per heavy atom. The smallest absolute Gasteiger partial charge is 0.336 e. The Hall–Kier alpha value is -5.23. The number of hydrogen-bond donors (Lipinski definition) is 0. The highest BCUT2D eigenvalue weighted by atomic mass is 16.5. The van der Waals surface area contributed by atoms with E-state index in [0.717, 1.165) is 22.4 Å². The van der Waals surface area contributed by atoms with Crippen molar-refractivity contribution in [1.82, 2.24) is 5.01 Å². The number of nitrogens with zero attached hydrogens (tertiary/aromatic N) is 2. The van der Waals surface area contributed by atoms with Crippen LogP contribution in [0, 0.1) is 0 Å². The van der Waals surface area contributed by atoms with Crippen molar-refractivity contribution in [2.45, 2.75) is 12.5 Å². The van der Waals surface area contributed by atoms with Crippen molar-refractivity contribution in [2.75, 3.05) is 7.11 Å². The number of ether oxygens (including phenoxy) is 2. The van der Waals surface area contributed by atoms with Crippen LogP contribution in [0.25, 0.3) is 12.2 Å². The van der Waals surface area contributed by atoms with Crippen molar-refractivity contribution in [1.29, 1.82) is 0 Å². The topological polar surface area (TPSA) is 68.2 Å². The zero-order valence-electron chi connectivity index (χ0n) is 22.0. The molecule has 6 heteroatoms. The van der Waals surface area contributed by atoms with Crippen LogP contribution >= 0.6 is 0 Å². The lowest BCUT2D eigenvalue weighted by Gasteiger charge is -2.21. The molecule has 1 amide bonds. The summed E-state index contributed by atoms with van der Waals surface area (Å²) in [6.45, 7) is 0. The molecule has 1 aliphatic rings. The van der Waals surface area contributed by atoms with E-state index in [9.17, 15) is 9.59 Å². The van der Waals surface area contributed by atoms with Gasteiger partial charge < -0.3 is 9.47 Å². The van der Waals surface area contributed by atoms with Crippen LogP contribution in [-0.2, 0) is 9.59 Å². The van der Waals surface area contributed by atoms with Gasteiger partial charge in [0.2, 0.25) is 0 Å². The maximum atomic E-state index is 13.4. The SMILES string of the molecule is COc1ccc([C@H]2CC(c3ccccc3OC(=O)/C=C/c3ccccc3)=NN2C(=O)/C=C/c2ccccc2)cc1. The molecule has 0 aromatic heterocycles. The minimum atomic E-state index is -0.500. The molecular weight excluding hydrogens is 500 g/mol. The molecule has 5 rings (SSSR count). The predicted molar refractivity (Wildman–Crippen MR) is 157 cm³/mol. The summed E-state index contributed by atoms with van der Waals surface area (Å²) in [6, 6.07) is 33.7. The van der Waals surface area contributed by atoms with Crippen LogP contribution in [0.15, 0.2) is 126 Å². The van der Waals surface area contributed by atoms with E-state index in [0.29, 0.717) is 23.4 Å². The summed E-state index contributed by atoms with van der Waals surface area (Å²) in [6.07, 6.45) is 6.85. The van der Waals surface area contributed by atoms with Crippen molar-refractivity contribution in [2.24, 2.45) is 5.10 Å². The number of methoxy groups -OCH3 is 1. The van der Waals surface area contributed by atoms with Gasteiger partial charge >= 0.3 is 5.97 Å². The normalized spacial score (nSPS) is 14.9. The van der Waals surface area contributed by atoms with Gasteiger partial charge in [-0.15, -0.1) is 0 Å². The molecule has 0 fully saturated rings. The van der Waals surface area contributed by atoms with Crippen LogP contribution in [-0.4, -0.2) is 29.7 Å². The van der Waals surface area contributed by atoms with Crippen LogP contribution in [0.5, 0.6) is 11.5 Å². The van der Waals surface area contributed by atoms with Crippen molar-refractivity contribution >= 4 is 29.7 Å². The summed E-state index contributed by atoms with van der Waals surface area (Å²) < 4.78 is 11.0. The summed E-state index contributed by atoms with van der Waals surface area (Å²) in [5, 5.41) is 6.23. The van der Waals surface area contributed by atoms with Crippen molar-refractivity contribution in [3.8, 4) is 11.5 Å². The number of esters is 1. The lowest BCUT2D eigenvalue weighted by molar-refractivity contribution is -0.129. The Morgan fingerprint density at radius 1 is 0.775 bits per heavy atom. The van der Waals surface area contributed by atoms with Crippen LogP contribution in [0.3, 0.4) is 0 Å². The molecule has 0 unspecified atom stereocenters. The molecule has 0 spiro atoms. The Morgan fingerprint density at radius 3 is 2.02 bits per heavy atom. The summed E-state index contributed by atoms with van der Waals surface area (Å²) in [4.78, 5) is 26.1. The number of amides is 1. The highest BCUT2D eigenvalue weighted by Crippen LogP contribution is 2.36. The minimum Gasteiger partial charge on any atom is -0.497 e. The molecule has 0 saturated heterocycles. The van der Waals surface area contributed by atoms with Gasteiger partial charge in [0, 0.05) is 24.1 Å². The molecule has 1 aliphatic heterocycles. The summed E-state index contributed by atoms with van der Waals surface area (Å²) in [5.41, 5.74) is 4.04. The third-order valence-corrected chi connectivity index (χ3v) is 6.47. The van der Waals surface area contributed by atoms with Crippen LogP contribution in [0.1, 0.15) is 34.7 Å². The second-order valence-corrected chi connectivity index (χ2v) is 9.13. The van der Waals surface area contributed by atoms with Gasteiger partial charge in [0.1, 0.15) is 11.5 Å².